The second-order valence-electron chi connectivity index (χ2n) is 4.41. The summed E-state index contributed by atoms with van der Waals surface area (Å²) in [5, 5.41) is 0. The second-order valence-corrected chi connectivity index (χ2v) is 4.41. The Morgan fingerprint density at radius 3 is 2.14 bits per heavy atom. The minimum atomic E-state index is 0.179. The average Bonchev–Trinajstić information content (AvgIpc) is 2.16. The van der Waals surface area contributed by atoms with Gasteiger partial charge in [0.05, 0.1) is 6.04 Å². The first-order chi connectivity index (χ1) is 6.68. The monoisotopic (exact) mass is 197 g/mol. The Morgan fingerprint density at radius 2 is 1.71 bits per heavy atom. The van der Waals surface area contributed by atoms with Gasteiger partial charge in [0.2, 0.25) is 5.91 Å². The summed E-state index contributed by atoms with van der Waals surface area (Å²) in [6.07, 6.45) is 1.04. The number of carbonyl (C=O) groups is 1. The quantitative estimate of drug-likeness (QED) is 0.565. The first kappa shape index (κ1) is 9.93. The summed E-state index contributed by atoms with van der Waals surface area (Å²) in [7, 11) is 4.14. The van der Waals surface area contributed by atoms with E-state index in [1.54, 1.807) is 0 Å². The van der Waals surface area contributed by atoms with Gasteiger partial charge in [-0.1, -0.05) is 0 Å². The van der Waals surface area contributed by atoms with E-state index in [0.29, 0.717) is 5.91 Å². The largest absolute Gasteiger partial charge is 0.339 e. The highest BCUT2D eigenvalue weighted by atomic mass is 16.2. The predicted molar refractivity (Wildman–Crippen MR) is 55.1 cm³/mol. The minimum Gasteiger partial charge on any atom is -0.339 e. The van der Waals surface area contributed by atoms with Gasteiger partial charge in [-0.2, -0.15) is 0 Å². The fourth-order valence-electron chi connectivity index (χ4n) is 2.07. The summed E-state index contributed by atoms with van der Waals surface area (Å²) < 4.78 is 0. The third-order valence-corrected chi connectivity index (χ3v) is 3.39. The molecule has 0 spiro atoms. The van der Waals surface area contributed by atoms with Crippen molar-refractivity contribution in [3.05, 3.63) is 0 Å². The van der Waals surface area contributed by atoms with Crippen LogP contribution in [0.3, 0.4) is 0 Å². The fourth-order valence-corrected chi connectivity index (χ4v) is 2.07. The molecule has 0 N–H and O–H groups in total. The summed E-state index contributed by atoms with van der Waals surface area (Å²) in [4.78, 5) is 18.4. The molecule has 2 fully saturated rings. The van der Waals surface area contributed by atoms with E-state index < -0.39 is 0 Å². The zero-order valence-corrected chi connectivity index (χ0v) is 9.07. The number of nitrogens with zero attached hydrogens (tertiary/aromatic N) is 3. The van der Waals surface area contributed by atoms with Crippen LogP contribution in [-0.4, -0.2) is 73.5 Å². The smallest absolute Gasteiger partial charge is 0.240 e. The van der Waals surface area contributed by atoms with Gasteiger partial charge in [0.25, 0.3) is 0 Å². The van der Waals surface area contributed by atoms with Gasteiger partial charge in [0.15, 0.2) is 0 Å². The van der Waals surface area contributed by atoms with E-state index in [4.69, 9.17) is 0 Å². The normalized spacial score (nSPS) is 30.1. The molecule has 2 rings (SSSR count). The maximum absolute atomic E-state index is 12.0. The van der Waals surface area contributed by atoms with Crippen LogP contribution in [0, 0.1) is 0 Å². The van der Waals surface area contributed by atoms with Crippen LogP contribution >= 0.6 is 0 Å². The summed E-state index contributed by atoms with van der Waals surface area (Å²) >= 11 is 0. The van der Waals surface area contributed by atoms with Crippen LogP contribution in [0.25, 0.3) is 0 Å². The summed E-state index contributed by atoms with van der Waals surface area (Å²) in [5.74, 6) is 0.340. The van der Waals surface area contributed by atoms with Crippen molar-refractivity contribution >= 4 is 5.91 Å². The van der Waals surface area contributed by atoms with Crippen LogP contribution in [0.5, 0.6) is 0 Å². The zero-order valence-electron chi connectivity index (χ0n) is 9.07. The molecule has 0 aromatic carbocycles. The van der Waals surface area contributed by atoms with Crippen molar-refractivity contribution in [1.29, 1.82) is 0 Å². The first-order valence-corrected chi connectivity index (χ1v) is 5.36. The number of hydrogen-bond donors (Lipinski definition) is 0. The van der Waals surface area contributed by atoms with Crippen LogP contribution < -0.4 is 0 Å². The molecule has 0 aromatic rings. The molecule has 1 amide bonds. The molecule has 0 aromatic heterocycles. The van der Waals surface area contributed by atoms with Gasteiger partial charge in [-0.3, -0.25) is 9.69 Å². The van der Waals surface area contributed by atoms with Crippen LogP contribution in [0.2, 0.25) is 0 Å². The number of piperazine rings is 1. The summed E-state index contributed by atoms with van der Waals surface area (Å²) in [6.45, 7) is 4.91. The topological polar surface area (TPSA) is 26.8 Å². The highest BCUT2D eigenvalue weighted by molar-refractivity contribution is 5.82. The Labute approximate surface area is 85.5 Å². The number of likely N-dealkylation sites (tertiary alicyclic amines) is 1. The summed E-state index contributed by atoms with van der Waals surface area (Å²) in [5.41, 5.74) is 0. The lowest BCUT2D eigenvalue weighted by atomic mass is 10.0. The average molecular weight is 197 g/mol. The van der Waals surface area contributed by atoms with Gasteiger partial charge in [0.1, 0.15) is 0 Å². The Bertz CT molecular complexity index is 223. The van der Waals surface area contributed by atoms with E-state index in [9.17, 15) is 4.79 Å². The number of carbonyl (C=O) groups excluding carboxylic acids is 1. The molecule has 2 aliphatic heterocycles. The van der Waals surface area contributed by atoms with Crippen molar-refractivity contribution < 1.29 is 4.79 Å². The van der Waals surface area contributed by atoms with Gasteiger partial charge >= 0.3 is 0 Å². The van der Waals surface area contributed by atoms with Crippen molar-refractivity contribution in [1.82, 2.24) is 14.7 Å². The van der Waals surface area contributed by atoms with Gasteiger partial charge in [-0.15, -0.1) is 0 Å². The molecular weight excluding hydrogens is 178 g/mol. The number of likely N-dealkylation sites (N-methyl/N-ethyl adjacent to an activating group) is 2. The van der Waals surface area contributed by atoms with E-state index in [2.05, 4.69) is 16.8 Å². The third-order valence-electron chi connectivity index (χ3n) is 3.39. The molecule has 14 heavy (non-hydrogen) atoms. The SMILES string of the molecule is CN1CCN(C(=O)C2CCN2C)CC1. The molecule has 1 atom stereocenters. The predicted octanol–water partition coefficient (Wildman–Crippen LogP) is -0.535. The van der Waals surface area contributed by atoms with Crippen LogP contribution in [0.15, 0.2) is 0 Å². The van der Waals surface area contributed by atoms with Crippen molar-refractivity contribution in [3.8, 4) is 0 Å². The lowest BCUT2D eigenvalue weighted by Crippen LogP contribution is -2.58. The Morgan fingerprint density at radius 1 is 1.07 bits per heavy atom. The van der Waals surface area contributed by atoms with Gasteiger partial charge in [0, 0.05) is 32.7 Å². The highest BCUT2D eigenvalue weighted by Crippen LogP contribution is 2.17. The van der Waals surface area contributed by atoms with Crippen LogP contribution in [0.4, 0.5) is 0 Å². The highest BCUT2D eigenvalue weighted by Gasteiger charge is 2.34. The molecule has 2 heterocycles. The standard InChI is InChI=1S/C10H19N3O/c1-11-5-7-13(8-6-11)10(14)9-3-4-12(9)2/h9H,3-8H2,1-2H3. The van der Waals surface area contributed by atoms with Crippen molar-refractivity contribution in [2.24, 2.45) is 0 Å². The maximum Gasteiger partial charge on any atom is 0.240 e. The van der Waals surface area contributed by atoms with Gasteiger partial charge in [-0.05, 0) is 20.5 Å². The Hall–Kier alpha value is -0.610. The molecule has 4 nitrogen and oxygen atoms in total. The molecule has 1 unspecified atom stereocenters. The maximum atomic E-state index is 12.0. The molecular formula is C10H19N3O. The first-order valence-electron chi connectivity index (χ1n) is 5.36. The minimum absolute atomic E-state index is 0.179. The van der Waals surface area contributed by atoms with Gasteiger partial charge < -0.3 is 9.80 Å². The molecule has 80 valence electrons. The number of rotatable bonds is 1. The van der Waals surface area contributed by atoms with Crippen molar-refractivity contribution in [2.75, 3.05) is 46.8 Å². The molecule has 2 aliphatic rings. The fraction of sp³-hybridized carbons (Fsp3) is 0.900. The molecule has 4 heteroatoms. The summed E-state index contributed by atoms with van der Waals surface area (Å²) in [6, 6.07) is 0.179. The van der Waals surface area contributed by atoms with Crippen molar-refractivity contribution in [3.63, 3.8) is 0 Å². The molecule has 2 saturated heterocycles. The molecule has 0 aliphatic carbocycles. The van der Waals surface area contributed by atoms with E-state index in [1.165, 1.54) is 0 Å². The number of amides is 1. The molecule has 0 saturated carbocycles. The molecule has 0 radical (unpaired) electrons. The van der Waals surface area contributed by atoms with Gasteiger partial charge in [-0.25, -0.2) is 0 Å². The van der Waals surface area contributed by atoms with E-state index in [-0.39, 0.29) is 6.04 Å². The van der Waals surface area contributed by atoms with Crippen molar-refractivity contribution in [2.45, 2.75) is 12.5 Å². The zero-order chi connectivity index (χ0) is 10.1. The van der Waals surface area contributed by atoms with Crippen LogP contribution in [0.1, 0.15) is 6.42 Å². The second kappa shape index (κ2) is 3.87. The number of hydrogen-bond acceptors (Lipinski definition) is 3. The Kier molecular flexibility index (Phi) is 2.74. The Balaban J connectivity index is 1.86. The van der Waals surface area contributed by atoms with E-state index >= 15 is 0 Å². The van der Waals surface area contributed by atoms with E-state index in [0.717, 1.165) is 39.1 Å². The molecule has 0 bridgehead atoms. The lowest BCUT2D eigenvalue weighted by Gasteiger charge is -2.41. The lowest BCUT2D eigenvalue weighted by molar-refractivity contribution is -0.142. The van der Waals surface area contributed by atoms with E-state index in [1.807, 2.05) is 11.9 Å². The third kappa shape index (κ3) is 1.77. The van der Waals surface area contributed by atoms with Crippen LogP contribution in [-0.2, 0) is 4.79 Å².